The molecule has 0 saturated heterocycles. The molecule has 0 aliphatic heterocycles. The van der Waals surface area contributed by atoms with Crippen LogP contribution in [0.5, 0.6) is 5.75 Å². The fraction of sp³-hybridized carbons (Fsp3) is 0.125. The van der Waals surface area contributed by atoms with Gasteiger partial charge in [-0.3, -0.25) is 0 Å². The van der Waals surface area contributed by atoms with Gasteiger partial charge in [0.2, 0.25) is 0 Å². The molecule has 6 heteroatoms. The summed E-state index contributed by atoms with van der Waals surface area (Å²) in [7, 11) is 0. The van der Waals surface area contributed by atoms with E-state index in [0.29, 0.717) is 6.61 Å². The summed E-state index contributed by atoms with van der Waals surface area (Å²) in [6.07, 6.45) is 0. The zero-order valence-electron chi connectivity index (χ0n) is 11.8. The van der Waals surface area contributed by atoms with Gasteiger partial charge in [-0.1, -0.05) is 0 Å². The van der Waals surface area contributed by atoms with Crippen LogP contribution in [0.3, 0.4) is 0 Å². The molecule has 0 aliphatic rings. The first kappa shape index (κ1) is 13.8. The van der Waals surface area contributed by atoms with Crippen molar-refractivity contribution in [2.75, 3.05) is 6.61 Å². The molecule has 0 atom stereocenters. The molecular weight excluding hydrogens is 363 g/mol. The number of hydrogen-bond donors (Lipinski definition) is 0. The van der Waals surface area contributed by atoms with Crippen LogP contribution in [0, 0.1) is 0 Å². The minimum atomic E-state index is -0.0374. The van der Waals surface area contributed by atoms with Crippen LogP contribution >= 0.6 is 11.3 Å². The quantitative estimate of drug-likeness (QED) is 0.517. The molecule has 2 aromatic carbocycles. The molecule has 4 nitrogen and oxygen atoms in total. The van der Waals surface area contributed by atoms with Crippen molar-refractivity contribution in [1.29, 1.82) is 0 Å². The second kappa shape index (κ2) is 5.39. The fourth-order valence-corrected chi connectivity index (χ4v) is 5.53. The molecule has 2 heterocycles. The van der Waals surface area contributed by atoms with E-state index >= 15 is 0 Å². The summed E-state index contributed by atoms with van der Waals surface area (Å²) in [6.45, 7) is 2.60. The first-order valence-electron chi connectivity index (χ1n) is 6.91. The zero-order chi connectivity index (χ0) is 15.1. The molecule has 0 aliphatic carbocycles. The van der Waals surface area contributed by atoms with Gasteiger partial charge in [-0.15, -0.1) is 0 Å². The summed E-state index contributed by atoms with van der Waals surface area (Å²) >= 11 is 1.50. The molecule has 4 aromatic rings. The van der Waals surface area contributed by atoms with Gasteiger partial charge < -0.3 is 0 Å². The maximum absolute atomic E-state index is 12.5. The van der Waals surface area contributed by atoms with Crippen LogP contribution in [0.15, 0.2) is 47.3 Å². The fourth-order valence-electron chi connectivity index (χ4n) is 2.33. The van der Waals surface area contributed by atoms with E-state index in [1.807, 2.05) is 53.0 Å². The van der Waals surface area contributed by atoms with Crippen molar-refractivity contribution in [3.63, 3.8) is 0 Å². The van der Waals surface area contributed by atoms with E-state index in [9.17, 15) is 4.79 Å². The Bertz CT molecular complexity index is 1030. The van der Waals surface area contributed by atoms with Gasteiger partial charge in [0.05, 0.1) is 0 Å². The number of benzene rings is 2. The van der Waals surface area contributed by atoms with Crippen LogP contribution in [0.25, 0.3) is 25.0 Å². The first-order chi connectivity index (χ1) is 10.8. The number of aromatic nitrogens is 2. The van der Waals surface area contributed by atoms with Gasteiger partial charge in [0.25, 0.3) is 0 Å². The standard InChI is InChI=1S/C16H12N2O2SSe/c1-2-20-10-7-8-12-13(9-10)21-16(17-12)18-15(19)11-5-3-4-6-14(11)22-18/h3-9H,2H2,1H3. The Balaban J connectivity index is 1.89. The van der Waals surface area contributed by atoms with E-state index in [2.05, 4.69) is 4.98 Å². The van der Waals surface area contributed by atoms with E-state index in [1.165, 1.54) is 11.3 Å². The Morgan fingerprint density at radius 2 is 2.14 bits per heavy atom. The third kappa shape index (κ3) is 2.20. The number of nitrogens with zero attached hydrogens (tertiary/aromatic N) is 2. The minimum absolute atomic E-state index is 0.0374. The molecule has 0 bridgehead atoms. The molecule has 0 unspecified atom stereocenters. The molecule has 0 N–H and O–H groups in total. The summed E-state index contributed by atoms with van der Waals surface area (Å²) in [5, 5.41) is 1.57. The van der Waals surface area contributed by atoms with Gasteiger partial charge in [0.1, 0.15) is 0 Å². The van der Waals surface area contributed by atoms with Gasteiger partial charge in [0, 0.05) is 0 Å². The SMILES string of the molecule is CCOc1ccc2nc(-n3[se]c4ccccc4c3=O)sc2c1. The predicted octanol–water partition coefficient (Wildman–Crippen LogP) is 3.06. The van der Waals surface area contributed by atoms with E-state index in [-0.39, 0.29) is 20.3 Å². The third-order valence-electron chi connectivity index (χ3n) is 3.32. The summed E-state index contributed by atoms with van der Waals surface area (Å²) < 4.78 is 9.49. The normalized spacial score (nSPS) is 11.3. The van der Waals surface area contributed by atoms with Crippen LogP contribution in [0.2, 0.25) is 0 Å². The number of rotatable bonds is 3. The van der Waals surface area contributed by atoms with Crippen LogP contribution in [-0.4, -0.2) is 29.9 Å². The second-order valence-corrected chi connectivity index (χ2v) is 7.83. The molecule has 0 amide bonds. The van der Waals surface area contributed by atoms with Crippen LogP contribution < -0.4 is 10.3 Å². The van der Waals surface area contributed by atoms with E-state index in [1.54, 1.807) is 0 Å². The number of ether oxygens (including phenoxy) is 1. The van der Waals surface area contributed by atoms with E-state index in [0.717, 1.165) is 30.7 Å². The maximum atomic E-state index is 12.5. The molecule has 0 radical (unpaired) electrons. The van der Waals surface area contributed by atoms with Gasteiger partial charge in [-0.25, -0.2) is 0 Å². The Morgan fingerprint density at radius 1 is 1.27 bits per heavy atom. The molecule has 0 spiro atoms. The van der Waals surface area contributed by atoms with E-state index < -0.39 is 0 Å². The molecule has 0 fully saturated rings. The molecule has 4 rings (SSSR count). The summed E-state index contributed by atoms with van der Waals surface area (Å²) in [5.74, 6) is 0.840. The summed E-state index contributed by atoms with van der Waals surface area (Å²) in [6, 6.07) is 13.6. The first-order valence-corrected chi connectivity index (χ1v) is 9.35. The Kier molecular flexibility index (Phi) is 3.37. The summed E-state index contributed by atoms with van der Waals surface area (Å²) in [4.78, 5) is 17.1. The summed E-state index contributed by atoms with van der Waals surface area (Å²) in [5.41, 5.74) is 0.961. The van der Waals surface area contributed by atoms with Crippen molar-refractivity contribution in [1.82, 2.24) is 8.55 Å². The van der Waals surface area contributed by atoms with Gasteiger partial charge >= 0.3 is 136 Å². The molecule has 0 saturated carbocycles. The van der Waals surface area contributed by atoms with Crippen molar-refractivity contribution < 1.29 is 4.74 Å². The van der Waals surface area contributed by atoms with Gasteiger partial charge in [-0.2, -0.15) is 0 Å². The topological polar surface area (TPSA) is 44.1 Å². The Labute approximate surface area is 136 Å². The molecule has 2 aromatic heterocycles. The molecule has 110 valence electrons. The van der Waals surface area contributed by atoms with Crippen molar-refractivity contribution in [3.8, 4) is 10.9 Å². The second-order valence-electron chi connectivity index (χ2n) is 4.75. The molecule has 22 heavy (non-hydrogen) atoms. The van der Waals surface area contributed by atoms with Crippen molar-refractivity contribution >= 4 is 45.9 Å². The van der Waals surface area contributed by atoms with Crippen molar-refractivity contribution in [2.45, 2.75) is 6.92 Å². The van der Waals surface area contributed by atoms with Crippen LogP contribution in [-0.2, 0) is 0 Å². The predicted molar refractivity (Wildman–Crippen MR) is 90.8 cm³/mol. The van der Waals surface area contributed by atoms with Crippen molar-refractivity contribution in [2.24, 2.45) is 0 Å². The van der Waals surface area contributed by atoms with Crippen molar-refractivity contribution in [3.05, 3.63) is 52.8 Å². The van der Waals surface area contributed by atoms with Crippen LogP contribution in [0.1, 0.15) is 6.92 Å². The van der Waals surface area contributed by atoms with Gasteiger partial charge in [0.15, 0.2) is 0 Å². The number of fused-ring (bicyclic) bond motifs is 2. The average Bonchev–Trinajstić information content (AvgIpc) is 3.09. The van der Waals surface area contributed by atoms with E-state index in [4.69, 9.17) is 4.74 Å². The number of hydrogen-bond acceptors (Lipinski definition) is 4. The monoisotopic (exact) mass is 376 g/mol. The third-order valence-corrected chi connectivity index (χ3v) is 6.84. The average molecular weight is 375 g/mol. The number of thiazole rings is 1. The zero-order valence-corrected chi connectivity index (χ0v) is 14.3. The van der Waals surface area contributed by atoms with Gasteiger partial charge in [-0.05, 0) is 0 Å². The Morgan fingerprint density at radius 3 is 2.95 bits per heavy atom. The Hall–Kier alpha value is -1.88. The van der Waals surface area contributed by atoms with Crippen LogP contribution in [0.4, 0.5) is 0 Å². The molecular formula is C16H12N2O2SSe.